The van der Waals surface area contributed by atoms with Crippen molar-refractivity contribution < 1.29 is 9.18 Å². The van der Waals surface area contributed by atoms with Gasteiger partial charge in [-0.05, 0) is 53.9 Å². The van der Waals surface area contributed by atoms with Crippen molar-refractivity contribution in [3.63, 3.8) is 0 Å². The molecule has 19 heavy (non-hydrogen) atoms. The maximum Gasteiger partial charge on any atom is 0.224 e. The van der Waals surface area contributed by atoms with Gasteiger partial charge < -0.3 is 11.1 Å². The number of carbonyl (C=O) groups is 1. The lowest BCUT2D eigenvalue weighted by Gasteiger charge is -2.19. The number of benzene rings is 1. The molecule has 3 N–H and O–H groups in total. The van der Waals surface area contributed by atoms with Crippen molar-refractivity contribution in [1.82, 2.24) is 5.32 Å². The van der Waals surface area contributed by atoms with Crippen LogP contribution >= 0.6 is 15.9 Å². The zero-order valence-corrected chi connectivity index (χ0v) is 13.0. The van der Waals surface area contributed by atoms with Crippen molar-refractivity contribution >= 4 is 21.8 Å². The third-order valence-electron chi connectivity index (χ3n) is 3.12. The first-order chi connectivity index (χ1) is 8.81. The second-order valence-electron chi connectivity index (χ2n) is 5.01. The molecule has 1 amide bonds. The molecule has 3 atom stereocenters. The molecule has 0 fully saturated rings. The zero-order chi connectivity index (χ0) is 14.6. The summed E-state index contributed by atoms with van der Waals surface area (Å²) in [5.41, 5.74) is 6.66. The molecule has 0 aliphatic heterocycles. The first-order valence-electron chi connectivity index (χ1n) is 6.31. The molecule has 0 heterocycles. The van der Waals surface area contributed by atoms with Crippen LogP contribution in [0.15, 0.2) is 22.7 Å². The quantitative estimate of drug-likeness (QED) is 0.871. The highest BCUT2D eigenvalue weighted by Gasteiger charge is 2.18. The molecule has 106 valence electrons. The van der Waals surface area contributed by atoms with Crippen LogP contribution < -0.4 is 11.1 Å². The summed E-state index contributed by atoms with van der Waals surface area (Å²) in [6.07, 6.45) is 0.649. The predicted molar refractivity (Wildman–Crippen MR) is 78.2 cm³/mol. The third kappa shape index (κ3) is 4.91. The van der Waals surface area contributed by atoms with E-state index < -0.39 is 0 Å². The van der Waals surface area contributed by atoms with Crippen LogP contribution in [0.5, 0.6) is 0 Å². The molecule has 0 saturated carbocycles. The highest BCUT2D eigenvalue weighted by atomic mass is 79.9. The maximum atomic E-state index is 13.1. The van der Waals surface area contributed by atoms with E-state index in [1.165, 1.54) is 6.07 Å². The van der Waals surface area contributed by atoms with Crippen LogP contribution in [-0.4, -0.2) is 18.0 Å². The number of nitrogens with one attached hydrogen (secondary N) is 1. The monoisotopic (exact) mass is 330 g/mol. The van der Waals surface area contributed by atoms with E-state index in [4.69, 9.17) is 5.73 Å². The van der Waals surface area contributed by atoms with Gasteiger partial charge in [0.15, 0.2) is 0 Å². The van der Waals surface area contributed by atoms with Crippen molar-refractivity contribution in [3.05, 3.63) is 34.1 Å². The Morgan fingerprint density at radius 2 is 2.05 bits per heavy atom. The summed E-state index contributed by atoms with van der Waals surface area (Å²) >= 11 is 3.15. The molecule has 0 spiro atoms. The molecule has 0 aliphatic rings. The molecule has 3 unspecified atom stereocenters. The minimum absolute atomic E-state index is 0.0222. The summed E-state index contributed by atoms with van der Waals surface area (Å²) in [6.45, 7) is 5.54. The number of rotatable bonds is 5. The van der Waals surface area contributed by atoms with Gasteiger partial charge in [-0.1, -0.05) is 13.0 Å². The van der Waals surface area contributed by atoms with Gasteiger partial charge in [0.1, 0.15) is 5.82 Å². The zero-order valence-electron chi connectivity index (χ0n) is 11.4. The van der Waals surface area contributed by atoms with Crippen molar-refractivity contribution in [2.45, 2.75) is 39.3 Å². The Labute approximate surface area is 121 Å². The van der Waals surface area contributed by atoms with E-state index in [9.17, 15) is 9.18 Å². The van der Waals surface area contributed by atoms with E-state index in [1.54, 1.807) is 19.1 Å². The van der Waals surface area contributed by atoms with Crippen molar-refractivity contribution in [3.8, 4) is 0 Å². The summed E-state index contributed by atoms with van der Waals surface area (Å²) in [5, 5.41) is 2.92. The molecule has 1 aromatic carbocycles. The van der Waals surface area contributed by atoms with Gasteiger partial charge >= 0.3 is 0 Å². The smallest absolute Gasteiger partial charge is 0.224 e. The Balaban J connectivity index is 2.57. The van der Waals surface area contributed by atoms with E-state index in [-0.39, 0.29) is 29.7 Å². The highest BCUT2D eigenvalue weighted by Crippen LogP contribution is 2.17. The number of carbonyl (C=O) groups excluding carboxylic acids is 1. The highest BCUT2D eigenvalue weighted by molar-refractivity contribution is 9.10. The summed E-state index contributed by atoms with van der Waals surface area (Å²) in [6, 6.07) is 4.67. The van der Waals surface area contributed by atoms with Gasteiger partial charge in [0.25, 0.3) is 0 Å². The topological polar surface area (TPSA) is 55.1 Å². The summed E-state index contributed by atoms with van der Waals surface area (Å²) in [7, 11) is 0. The molecular formula is C14H20BrFN2O. The van der Waals surface area contributed by atoms with Gasteiger partial charge in [-0.25, -0.2) is 4.39 Å². The van der Waals surface area contributed by atoms with Crippen LogP contribution in [0.4, 0.5) is 4.39 Å². The number of hydrogen-bond donors (Lipinski definition) is 2. The maximum absolute atomic E-state index is 13.1. The van der Waals surface area contributed by atoms with Crippen LogP contribution in [0.2, 0.25) is 0 Å². The Morgan fingerprint density at radius 1 is 1.42 bits per heavy atom. The molecule has 0 radical (unpaired) electrons. The van der Waals surface area contributed by atoms with Gasteiger partial charge in [-0.2, -0.15) is 0 Å². The van der Waals surface area contributed by atoms with Crippen molar-refractivity contribution in [2.75, 3.05) is 0 Å². The Bertz CT molecular complexity index is 451. The molecule has 1 aromatic rings. The second kappa shape index (κ2) is 7.01. The van der Waals surface area contributed by atoms with Crippen molar-refractivity contribution in [1.29, 1.82) is 0 Å². The van der Waals surface area contributed by atoms with Crippen LogP contribution in [-0.2, 0) is 11.2 Å². The fourth-order valence-electron chi connectivity index (χ4n) is 1.68. The lowest BCUT2D eigenvalue weighted by atomic mass is 10.0. The van der Waals surface area contributed by atoms with Gasteiger partial charge in [0.05, 0.1) is 4.47 Å². The fraction of sp³-hybridized carbons (Fsp3) is 0.500. The number of hydrogen-bond acceptors (Lipinski definition) is 2. The van der Waals surface area contributed by atoms with Gasteiger partial charge in [-0.15, -0.1) is 0 Å². The summed E-state index contributed by atoms with van der Waals surface area (Å²) in [4.78, 5) is 11.8. The second-order valence-corrected chi connectivity index (χ2v) is 5.86. The molecule has 3 nitrogen and oxygen atoms in total. The first kappa shape index (κ1) is 16.1. The van der Waals surface area contributed by atoms with Crippen LogP contribution in [0.3, 0.4) is 0 Å². The molecule has 0 aliphatic carbocycles. The molecule has 5 heteroatoms. The number of amides is 1. The fourth-order valence-corrected chi connectivity index (χ4v) is 2.11. The van der Waals surface area contributed by atoms with Crippen LogP contribution in [0, 0.1) is 11.7 Å². The average Bonchev–Trinajstić information content (AvgIpc) is 2.32. The molecule has 0 aromatic heterocycles. The molecule has 1 rings (SSSR count). The number of halogens is 2. The lowest BCUT2D eigenvalue weighted by Crippen LogP contribution is -2.43. The summed E-state index contributed by atoms with van der Waals surface area (Å²) < 4.78 is 13.5. The van der Waals surface area contributed by atoms with E-state index in [1.807, 2.05) is 13.8 Å². The predicted octanol–water partition coefficient (Wildman–Crippen LogP) is 2.62. The van der Waals surface area contributed by atoms with E-state index in [0.717, 1.165) is 5.56 Å². The minimum atomic E-state index is -0.286. The average molecular weight is 331 g/mol. The Hall–Kier alpha value is -0.940. The van der Waals surface area contributed by atoms with Gasteiger partial charge in [0.2, 0.25) is 5.91 Å². The Morgan fingerprint density at radius 3 is 2.58 bits per heavy atom. The van der Waals surface area contributed by atoms with Gasteiger partial charge in [-0.3, -0.25) is 4.79 Å². The largest absolute Gasteiger partial charge is 0.353 e. The van der Waals surface area contributed by atoms with Crippen LogP contribution in [0.25, 0.3) is 0 Å². The SMILES string of the molecule is CC(Cc1ccc(F)c(Br)c1)NC(=O)C(C)C(C)N. The number of nitrogens with two attached hydrogens (primary N) is 1. The van der Waals surface area contributed by atoms with Gasteiger partial charge in [0, 0.05) is 18.0 Å². The normalized spacial score (nSPS) is 15.7. The van der Waals surface area contributed by atoms with E-state index >= 15 is 0 Å². The first-order valence-corrected chi connectivity index (χ1v) is 7.10. The molecular weight excluding hydrogens is 311 g/mol. The van der Waals surface area contributed by atoms with E-state index in [2.05, 4.69) is 21.2 Å². The standard InChI is InChI=1S/C14H20BrFN2O/c1-8(18-14(19)9(2)10(3)17)6-11-4-5-13(16)12(15)7-11/h4-5,7-10H,6,17H2,1-3H3,(H,18,19). The van der Waals surface area contributed by atoms with Crippen molar-refractivity contribution in [2.24, 2.45) is 11.7 Å². The van der Waals surface area contributed by atoms with E-state index in [0.29, 0.717) is 10.9 Å². The minimum Gasteiger partial charge on any atom is -0.353 e. The Kier molecular flexibility index (Phi) is 5.94. The molecule has 0 saturated heterocycles. The van der Waals surface area contributed by atoms with Crippen LogP contribution in [0.1, 0.15) is 26.3 Å². The molecule has 0 bridgehead atoms. The summed E-state index contributed by atoms with van der Waals surface area (Å²) in [5.74, 6) is -0.558. The third-order valence-corrected chi connectivity index (χ3v) is 3.72. The lowest BCUT2D eigenvalue weighted by molar-refractivity contribution is -0.125.